The second kappa shape index (κ2) is 5.54. The number of ether oxygens (including phenoxy) is 1. The summed E-state index contributed by atoms with van der Waals surface area (Å²) in [6.45, 7) is 0. The van der Waals surface area contributed by atoms with Crippen molar-refractivity contribution < 1.29 is 9.53 Å². The van der Waals surface area contributed by atoms with Gasteiger partial charge in [-0.3, -0.25) is 9.97 Å². The fourth-order valence-corrected chi connectivity index (χ4v) is 2.00. The molecule has 1 aromatic carbocycles. The highest BCUT2D eigenvalue weighted by atomic mass is 16.5. The number of nitrogens with zero attached hydrogens (tertiary/aromatic N) is 3. The molecule has 0 amide bonds. The first-order valence-electron chi connectivity index (χ1n) is 6.28. The Morgan fingerprint density at radius 3 is 2.90 bits per heavy atom. The van der Waals surface area contributed by atoms with Crippen molar-refractivity contribution in [1.82, 2.24) is 15.0 Å². The van der Waals surface area contributed by atoms with Gasteiger partial charge in [0.15, 0.2) is 5.69 Å². The number of carbonyl (C=O) groups is 1. The topological polar surface area (TPSA) is 77.0 Å². The van der Waals surface area contributed by atoms with Crippen LogP contribution in [0.25, 0.3) is 10.8 Å². The van der Waals surface area contributed by atoms with Crippen LogP contribution in [0.1, 0.15) is 10.5 Å². The number of aromatic nitrogens is 3. The SMILES string of the molecule is COC(=O)c1cncc(Nc2cccc3cnccc23)n1. The van der Waals surface area contributed by atoms with Gasteiger partial charge in [0.25, 0.3) is 0 Å². The van der Waals surface area contributed by atoms with E-state index in [0.717, 1.165) is 16.5 Å². The lowest BCUT2D eigenvalue weighted by molar-refractivity contribution is 0.0593. The molecule has 0 aliphatic rings. The maximum atomic E-state index is 11.5. The Hall–Kier alpha value is -3.02. The van der Waals surface area contributed by atoms with E-state index in [0.29, 0.717) is 5.82 Å². The lowest BCUT2D eigenvalue weighted by Crippen LogP contribution is -2.06. The molecule has 3 aromatic rings. The highest BCUT2D eigenvalue weighted by Crippen LogP contribution is 2.24. The molecule has 1 N–H and O–H groups in total. The number of hydrogen-bond acceptors (Lipinski definition) is 6. The first-order valence-corrected chi connectivity index (χ1v) is 6.28. The van der Waals surface area contributed by atoms with Crippen molar-refractivity contribution in [3.05, 3.63) is 54.7 Å². The number of methoxy groups -OCH3 is 1. The van der Waals surface area contributed by atoms with Gasteiger partial charge in [-0.05, 0) is 12.1 Å². The fourth-order valence-electron chi connectivity index (χ4n) is 2.00. The van der Waals surface area contributed by atoms with Crippen LogP contribution < -0.4 is 5.32 Å². The van der Waals surface area contributed by atoms with E-state index in [1.54, 1.807) is 18.6 Å². The Balaban J connectivity index is 1.97. The molecular weight excluding hydrogens is 268 g/mol. The van der Waals surface area contributed by atoms with Gasteiger partial charge in [0.2, 0.25) is 0 Å². The predicted octanol–water partition coefficient (Wildman–Crippen LogP) is 2.56. The summed E-state index contributed by atoms with van der Waals surface area (Å²) >= 11 is 0. The van der Waals surface area contributed by atoms with Crippen LogP contribution >= 0.6 is 0 Å². The summed E-state index contributed by atoms with van der Waals surface area (Å²) in [4.78, 5) is 23.7. The van der Waals surface area contributed by atoms with Crippen LogP contribution in [0.3, 0.4) is 0 Å². The molecule has 0 spiro atoms. The van der Waals surface area contributed by atoms with Gasteiger partial charge in [0, 0.05) is 28.9 Å². The number of carbonyl (C=O) groups excluding carboxylic acids is 1. The molecule has 0 atom stereocenters. The van der Waals surface area contributed by atoms with Gasteiger partial charge < -0.3 is 10.1 Å². The Kier molecular flexibility index (Phi) is 3.42. The minimum absolute atomic E-state index is 0.157. The zero-order valence-corrected chi connectivity index (χ0v) is 11.3. The zero-order valence-electron chi connectivity index (χ0n) is 11.3. The first-order chi connectivity index (χ1) is 10.3. The standard InChI is InChI=1S/C15H12N4O2/c1-21-15(20)13-8-17-9-14(19-13)18-12-4-2-3-10-7-16-6-5-11(10)12/h2-9H,1H3,(H,18,19). The van der Waals surface area contributed by atoms with E-state index in [9.17, 15) is 4.79 Å². The molecule has 0 bridgehead atoms. The molecule has 104 valence electrons. The van der Waals surface area contributed by atoms with E-state index in [1.165, 1.54) is 13.3 Å². The normalized spacial score (nSPS) is 10.3. The summed E-state index contributed by atoms with van der Waals surface area (Å²) in [7, 11) is 1.31. The molecule has 0 fully saturated rings. The van der Waals surface area contributed by atoms with Crippen molar-refractivity contribution in [1.29, 1.82) is 0 Å². The van der Waals surface area contributed by atoms with Crippen molar-refractivity contribution in [2.24, 2.45) is 0 Å². The Bertz CT molecular complexity index is 799. The lowest BCUT2D eigenvalue weighted by Gasteiger charge is -2.09. The quantitative estimate of drug-likeness (QED) is 0.743. The van der Waals surface area contributed by atoms with E-state index >= 15 is 0 Å². The molecule has 6 nitrogen and oxygen atoms in total. The molecule has 0 saturated heterocycles. The van der Waals surface area contributed by atoms with E-state index < -0.39 is 5.97 Å². The number of anilines is 2. The summed E-state index contributed by atoms with van der Waals surface area (Å²) in [6.07, 6.45) is 6.43. The summed E-state index contributed by atoms with van der Waals surface area (Å²) in [5, 5.41) is 5.18. The molecule has 3 rings (SSSR count). The Morgan fingerprint density at radius 1 is 1.14 bits per heavy atom. The molecule has 0 aliphatic heterocycles. The second-order valence-corrected chi connectivity index (χ2v) is 4.31. The molecule has 21 heavy (non-hydrogen) atoms. The number of hydrogen-bond donors (Lipinski definition) is 1. The number of fused-ring (bicyclic) bond motifs is 1. The van der Waals surface area contributed by atoms with E-state index in [1.807, 2.05) is 24.3 Å². The molecule has 0 aliphatic carbocycles. The second-order valence-electron chi connectivity index (χ2n) is 4.31. The Morgan fingerprint density at radius 2 is 2.05 bits per heavy atom. The van der Waals surface area contributed by atoms with Crippen molar-refractivity contribution in [2.45, 2.75) is 0 Å². The van der Waals surface area contributed by atoms with Crippen LogP contribution in [0.2, 0.25) is 0 Å². The summed E-state index contributed by atoms with van der Waals surface area (Å²) < 4.78 is 4.63. The maximum Gasteiger partial charge on any atom is 0.358 e. The summed E-state index contributed by atoms with van der Waals surface area (Å²) in [5.74, 6) is -0.0459. The number of nitrogens with one attached hydrogen (secondary N) is 1. The minimum atomic E-state index is -0.520. The van der Waals surface area contributed by atoms with E-state index in [-0.39, 0.29) is 5.69 Å². The number of esters is 1. The van der Waals surface area contributed by atoms with Crippen molar-refractivity contribution >= 4 is 28.2 Å². The average molecular weight is 280 g/mol. The van der Waals surface area contributed by atoms with Gasteiger partial charge in [0.05, 0.1) is 19.5 Å². The molecule has 2 heterocycles. The highest BCUT2D eigenvalue weighted by molar-refractivity contribution is 5.94. The van der Waals surface area contributed by atoms with Crippen LogP contribution in [-0.4, -0.2) is 28.0 Å². The smallest absolute Gasteiger partial charge is 0.358 e. The van der Waals surface area contributed by atoms with Crippen LogP contribution in [0.5, 0.6) is 0 Å². The number of pyridine rings is 1. The van der Waals surface area contributed by atoms with Gasteiger partial charge in [-0.15, -0.1) is 0 Å². The average Bonchev–Trinajstić information content (AvgIpc) is 2.55. The summed E-state index contributed by atoms with van der Waals surface area (Å²) in [5.41, 5.74) is 1.02. The van der Waals surface area contributed by atoms with Gasteiger partial charge in [-0.1, -0.05) is 12.1 Å². The molecule has 0 radical (unpaired) electrons. The zero-order chi connectivity index (χ0) is 14.7. The van der Waals surface area contributed by atoms with Gasteiger partial charge in [-0.25, -0.2) is 9.78 Å². The molecule has 0 unspecified atom stereocenters. The van der Waals surface area contributed by atoms with Crippen molar-refractivity contribution in [2.75, 3.05) is 12.4 Å². The first kappa shape index (κ1) is 13.0. The van der Waals surface area contributed by atoms with Gasteiger partial charge in [-0.2, -0.15) is 0 Å². The molecule has 2 aromatic heterocycles. The van der Waals surface area contributed by atoms with Crippen molar-refractivity contribution in [3.8, 4) is 0 Å². The highest BCUT2D eigenvalue weighted by Gasteiger charge is 2.09. The Labute approximate surface area is 120 Å². The van der Waals surface area contributed by atoms with E-state index in [2.05, 4.69) is 25.0 Å². The largest absolute Gasteiger partial charge is 0.464 e. The van der Waals surface area contributed by atoms with Gasteiger partial charge >= 0.3 is 5.97 Å². The number of benzene rings is 1. The third kappa shape index (κ3) is 2.64. The third-order valence-corrected chi connectivity index (χ3v) is 2.97. The fraction of sp³-hybridized carbons (Fsp3) is 0.0667. The maximum absolute atomic E-state index is 11.5. The third-order valence-electron chi connectivity index (χ3n) is 2.97. The monoisotopic (exact) mass is 280 g/mol. The molecule has 0 saturated carbocycles. The molecule has 6 heteroatoms. The van der Waals surface area contributed by atoms with Crippen molar-refractivity contribution in [3.63, 3.8) is 0 Å². The predicted molar refractivity (Wildman–Crippen MR) is 78.4 cm³/mol. The van der Waals surface area contributed by atoms with Crippen LogP contribution in [0, 0.1) is 0 Å². The number of rotatable bonds is 3. The van der Waals surface area contributed by atoms with E-state index in [4.69, 9.17) is 0 Å². The minimum Gasteiger partial charge on any atom is -0.464 e. The van der Waals surface area contributed by atoms with Crippen LogP contribution in [0.15, 0.2) is 49.1 Å². The van der Waals surface area contributed by atoms with Crippen LogP contribution in [0.4, 0.5) is 11.5 Å². The lowest BCUT2D eigenvalue weighted by atomic mass is 10.1. The van der Waals surface area contributed by atoms with Gasteiger partial charge in [0.1, 0.15) is 5.82 Å². The van der Waals surface area contributed by atoms with Crippen LogP contribution in [-0.2, 0) is 4.74 Å². The molecular formula is C15H12N4O2. The summed E-state index contributed by atoms with van der Waals surface area (Å²) in [6, 6.07) is 7.73.